The van der Waals surface area contributed by atoms with Crippen molar-refractivity contribution in [1.82, 2.24) is 4.98 Å². The van der Waals surface area contributed by atoms with E-state index >= 15 is 0 Å². The number of hydrogen-bond acceptors (Lipinski definition) is 4. The average molecular weight is 447 g/mol. The van der Waals surface area contributed by atoms with E-state index in [2.05, 4.69) is 4.98 Å². The summed E-state index contributed by atoms with van der Waals surface area (Å²) in [5.74, 6) is 0.281. The van der Waals surface area contributed by atoms with Crippen LogP contribution in [0.15, 0.2) is 36.7 Å². The van der Waals surface area contributed by atoms with Crippen LogP contribution in [0.2, 0.25) is 0 Å². The Hall–Kier alpha value is -3.22. The van der Waals surface area contributed by atoms with Crippen LogP contribution in [0.4, 0.5) is 17.1 Å². The van der Waals surface area contributed by atoms with Gasteiger partial charge in [0.1, 0.15) is 0 Å². The van der Waals surface area contributed by atoms with Gasteiger partial charge in [-0.1, -0.05) is 0 Å². The Morgan fingerprint density at radius 2 is 1.03 bits per heavy atom. The Labute approximate surface area is 194 Å². The fourth-order valence-corrected chi connectivity index (χ4v) is 5.17. The van der Waals surface area contributed by atoms with Gasteiger partial charge in [0.15, 0.2) is 0 Å². The molecule has 1 aromatic carbocycles. The minimum Gasteiger partial charge on any atom is -0.312 e. The Morgan fingerprint density at radius 3 is 1.52 bits per heavy atom. The summed E-state index contributed by atoms with van der Waals surface area (Å²) in [6.07, 6.45) is 10.5. The maximum Gasteiger partial charge on any atom is 0.227 e. The molecule has 3 aliphatic rings. The van der Waals surface area contributed by atoms with E-state index in [1.165, 1.54) is 0 Å². The van der Waals surface area contributed by atoms with Gasteiger partial charge in [-0.05, 0) is 68.4 Å². The third kappa shape index (κ3) is 4.24. The summed E-state index contributed by atoms with van der Waals surface area (Å²) in [7, 11) is 0. The van der Waals surface area contributed by atoms with E-state index in [1.807, 2.05) is 39.0 Å². The van der Waals surface area contributed by atoms with Crippen molar-refractivity contribution in [2.75, 3.05) is 34.3 Å². The second-order valence-corrected chi connectivity index (χ2v) is 9.10. The number of anilines is 3. The monoisotopic (exact) mass is 446 g/mol. The molecule has 1 aromatic heterocycles. The van der Waals surface area contributed by atoms with Crippen molar-refractivity contribution in [2.45, 2.75) is 57.8 Å². The van der Waals surface area contributed by atoms with Crippen molar-refractivity contribution in [1.29, 1.82) is 0 Å². The van der Waals surface area contributed by atoms with E-state index in [1.54, 1.807) is 12.4 Å². The molecule has 0 atom stereocenters. The highest BCUT2D eigenvalue weighted by molar-refractivity contribution is 6.07. The molecule has 2 aromatic rings. The van der Waals surface area contributed by atoms with E-state index in [0.29, 0.717) is 38.9 Å². The van der Waals surface area contributed by atoms with Crippen molar-refractivity contribution in [3.05, 3.63) is 36.7 Å². The number of hydrogen-bond donors (Lipinski definition) is 0. The zero-order valence-electron chi connectivity index (χ0n) is 19.0. The summed E-state index contributed by atoms with van der Waals surface area (Å²) >= 11 is 0. The number of pyridine rings is 1. The standard InChI is InChI=1S/C26H30N4O3/c31-24-7-1-4-14-28(24)21-18-23(30-16-6-3-9-26(30)33)22(29-15-5-2-8-25(29)32)17-20(21)19-10-12-27-13-11-19/h10-13,17-18H,1-9,14-16H2. The first-order valence-electron chi connectivity index (χ1n) is 12.1. The molecule has 5 rings (SSSR count). The van der Waals surface area contributed by atoms with Crippen LogP contribution in [-0.2, 0) is 14.4 Å². The van der Waals surface area contributed by atoms with Crippen LogP contribution in [0.5, 0.6) is 0 Å². The normalized spacial score (nSPS) is 19.9. The van der Waals surface area contributed by atoms with Crippen LogP contribution in [0, 0.1) is 0 Å². The highest BCUT2D eigenvalue weighted by Gasteiger charge is 2.31. The van der Waals surface area contributed by atoms with Crippen molar-refractivity contribution in [3.63, 3.8) is 0 Å². The summed E-state index contributed by atoms with van der Waals surface area (Å²) in [4.78, 5) is 48.5. The Kier molecular flexibility index (Phi) is 6.11. The van der Waals surface area contributed by atoms with Crippen LogP contribution in [-0.4, -0.2) is 42.3 Å². The summed E-state index contributed by atoms with van der Waals surface area (Å²) < 4.78 is 0. The highest BCUT2D eigenvalue weighted by atomic mass is 16.2. The smallest absolute Gasteiger partial charge is 0.227 e. The lowest BCUT2D eigenvalue weighted by Gasteiger charge is -2.36. The van der Waals surface area contributed by atoms with Crippen LogP contribution in [0.25, 0.3) is 11.1 Å². The molecule has 3 amide bonds. The Morgan fingerprint density at radius 1 is 0.576 bits per heavy atom. The molecule has 0 radical (unpaired) electrons. The summed E-state index contributed by atoms with van der Waals surface area (Å²) in [5.41, 5.74) is 4.18. The second-order valence-electron chi connectivity index (χ2n) is 9.10. The quantitative estimate of drug-likeness (QED) is 0.702. The highest BCUT2D eigenvalue weighted by Crippen LogP contribution is 2.44. The van der Waals surface area contributed by atoms with Gasteiger partial charge in [0, 0.05) is 56.9 Å². The fourth-order valence-electron chi connectivity index (χ4n) is 5.17. The molecular weight excluding hydrogens is 416 g/mol. The SMILES string of the molecule is O=C1CCCCN1c1cc(N2CCCCC2=O)c(N2CCCCC2=O)cc1-c1ccncc1. The van der Waals surface area contributed by atoms with Gasteiger partial charge in [0.05, 0.1) is 17.1 Å². The second kappa shape index (κ2) is 9.33. The van der Waals surface area contributed by atoms with Crippen molar-refractivity contribution < 1.29 is 14.4 Å². The number of carbonyl (C=O) groups is 3. The molecule has 0 saturated carbocycles. The van der Waals surface area contributed by atoms with Gasteiger partial charge in [-0.2, -0.15) is 0 Å². The first-order valence-corrected chi connectivity index (χ1v) is 12.1. The molecule has 0 aliphatic carbocycles. The minimum absolute atomic E-state index is 0.0829. The van der Waals surface area contributed by atoms with E-state index in [4.69, 9.17) is 0 Å². The number of nitrogens with zero attached hydrogens (tertiary/aromatic N) is 4. The number of rotatable bonds is 4. The third-order valence-electron chi connectivity index (χ3n) is 6.93. The number of benzene rings is 1. The molecule has 0 N–H and O–H groups in total. The maximum atomic E-state index is 13.0. The topological polar surface area (TPSA) is 73.8 Å². The lowest BCUT2D eigenvalue weighted by Crippen LogP contribution is -2.40. The van der Waals surface area contributed by atoms with E-state index in [9.17, 15) is 14.4 Å². The van der Waals surface area contributed by atoms with Crippen LogP contribution >= 0.6 is 0 Å². The van der Waals surface area contributed by atoms with Crippen molar-refractivity contribution in [3.8, 4) is 11.1 Å². The zero-order chi connectivity index (χ0) is 22.8. The largest absolute Gasteiger partial charge is 0.312 e. The van der Waals surface area contributed by atoms with E-state index in [-0.39, 0.29) is 17.7 Å². The zero-order valence-corrected chi connectivity index (χ0v) is 19.0. The van der Waals surface area contributed by atoms with Gasteiger partial charge in [-0.15, -0.1) is 0 Å². The van der Waals surface area contributed by atoms with Crippen LogP contribution in [0.1, 0.15) is 57.8 Å². The average Bonchev–Trinajstić information content (AvgIpc) is 2.85. The summed E-state index contributed by atoms with van der Waals surface area (Å²) in [5, 5.41) is 0. The lowest BCUT2D eigenvalue weighted by atomic mass is 9.97. The predicted octanol–water partition coefficient (Wildman–Crippen LogP) is 4.30. The number of aromatic nitrogens is 1. The summed E-state index contributed by atoms with van der Waals surface area (Å²) in [6.45, 7) is 1.94. The van der Waals surface area contributed by atoms with Gasteiger partial charge in [-0.25, -0.2) is 0 Å². The molecule has 3 aliphatic heterocycles. The minimum atomic E-state index is 0.0829. The van der Waals surface area contributed by atoms with Gasteiger partial charge < -0.3 is 14.7 Å². The molecular formula is C26H30N4O3. The molecule has 3 fully saturated rings. The van der Waals surface area contributed by atoms with Crippen molar-refractivity contribution in [2.24, 2.45) is 0 Å². The molecule has 0 unspecified atom stereocenters. The Balaban J connectivity index is 1.72. The van der Waals surface area contributed by atoms with E-state index < -0.39 is 0 Å². The first kappa shape index (κ1) is 21.6. The van der Waals surface area contributed by atoms with Gasteiger partial charge >= 0.3 is 0 Å². The molecule has 4 heterocycles. The number of piperidine rings is 3. The summed E-state index contributed by atoms with van der Waals surface area (Å²) in [6, 6.07) is 7.87. The molecule has 0 bridgehead atoms. The van der Waals surface area contributed by atoms with Crippen LogP contribution in [0.3, 0.4) is 0 Å². The van der Waals surface area contributed by atoms with Crippen molar-refractivity contribution >= 4 is 34.8 Å². The van der Waals surface area contributed by atoms with Crippen LogP contribution < -0.4 is 14.7 Å². The lowest BCUT2D eigenvalue weighted by molar-refractivity contribution is -0.120. The molecule has 0 spiro atoms. The number of carbonyl (C=O) groups excluding carboxylic acids is 3. The molecule has 3 saturated heterocycles. The third-order valence-corrected chi connectivity index (χ3v) is 6.93. The first-order chi connectivity index (χ1) is 16.1. The van der Waals surface area contributed by atoms with Gasteiger partial charge in [-0.3, -0.25) is 19.4 Å². The maximum absolute atomic E-state index is 13.0. The number of amides is 3. The van der Waals surface area contributed by atoms with Gasteiger partial charge in [0.2, 0.25) is 17.7 Å². The fraction of sp³-hybridized carbons (Fsp3) is 0.462. The predicted molar refractivity (Wildman–Crippen MR) is 128 cm³/mol. The van der Waals surface area contributed by atoms with E-state index in [0.717, 1.165) is 66.7 Å². The molecule has 33 heavy (non-hydrogen) atoms. The Bertz CT molecular complexity index is 1070. The van der Waals surface area contributed by atoms with Gasteiger partial charge in [0.25, 0.3) is 0 Å². The molecule has 172 valence electrons. The molecule has 7 heteroatoms. The molecule has 7 nitrogen and oxygen atoms in total.